The predicted octanol–water partition coefficient (Wildman–Crippen LogP) is 4.60. The van der Waals surface area contributed by atoms with Crippen molar-refractivity contribution in [2.24, 2.45) is 4.40 Å². The average Bonchev–Trinajstić information content (AvgIpc) is 3.41. The number of nitrogens with zero attached hydrogens (tertiary/aromatic N) is 5. The van der Waals surface area contributed by atoms with Gasteiger partial charge in [0.1, 0.15) is 0 Å². The van der Waals surface area contributed by atoms with Crippen LogP contribution in [0.5, 0.6) is 0 Å². The largest absolute Gasteiger partial charge is 0.452 e. The molecule has 2 heterocycles. The molecule has 0 saturated carbocycles. The molecular weight excluding hydrogens is 508 g/mol. The van der Waals surface area contributed by atoms with Gasteiger partial charge < -0.3 is 4.90 Å². The average molecular weight is 521 g/mol. The number of rotatable bonds is 4. The number of alkyl halides is 6. The van der Waals surface area contributed by atoms with Crippen molar-refractivity contribution in [1.29, 1.82) is 0 Å². The molecule has 0 atom stereocenters. The lowest BCUT2D eigenvalue weighted by molar-refractivity contribution is -0.153. The highest BCUT2D eigenvalue weighted by Crippen LogP contribution is 2.36. The van der Waals surface area contributed by atoms with E-state index in [1.807, 2.05) is 0 Å². The normalized spacial score (nSPS) is 16.4. The quantitative estimate of drug-likeness (QED) is 0.467. The summed E-state index contributed by atoms with van der Waals surface area (Å²) >= 11 is 1.20. The summed E-state index contributed by atoms with van der Waals surface area (Å²) in [7, 11) is -4.31. The van der Waals surface area contributed by atoms with E-state index in [1.54, 1.807) is 35.2 Å². The monoisotopic (exact) mass is 521 g/mol. The van der Waals surface area contributed by atoms with E-state index in [4.69, 9.17) is 0 Å². The van der Waals surface area contributed by atoms with Gasteiger partial charge in [-0.3, -0.25) is 4.57 Å². The van der Waals surface area contributed by atoms with Gasteiger partial charge in [-0.15, -0.1) is 14.6 Å². The summed E-state index contributed by atoms with van der Waals surface area (Å²) in [6.45, 7) is 0.510. The minimum atomic E-state index is -5.23. The highest BCUT2D eigenvalue weighted by atomic mass is 32.2. The molecule has 0 N–H and O–H groups in total. The third-order valence-corrected chi connectivity index (χ3v) is 6.96. The van der Waals surface area contributed by atoms with Crippen molar-refractivity contribution in [2.75, 3.05) is 17.2 Å². The van der Waals surface area contributed by atoms with Crippen LogP contribution in [0.15, 0.2) is 63.9 Å². The van der Waals surface area contributed by atoms with Crippen molar-refractivity contribution in [3.8, 4) is 5.69 Å². The Hall–Kier alpha value is -3.07. The van der Waals surface area contributed by atoms with E-state index in [1.165, 1.54) is 11.8 Å². The van der Waals surface area contributed by atoms with Crippen LogP contribution in [0, 0.1) is 0 Å². The zero-order valence-corrected chi connectivity index (χ0v) is 18.4. The van der Waals surface area contributed by atoms with Gasteiger partial charge in [0.2, 0.25) is 11.6 Å². The molecule has 0 amide bonds. The zero-order chi connectivity index (χ0) is 24.7. The third kappa shape index (κ3) is 4.75. The maximum Gasteiger partial charge on any atom is 0.452 e. The SMILES string of the molecule is O=S(=O)(/N=C1\SCCN1c1ccccc1)c1ccc(-n2c(C(F)(F)F)nnc2C(F)(F)F)cc1. The van der Waals surface area contributed by atoms with Gasteiger partial charge in [-0.05, 0) is 36.4 Å². The Kier molecular flexibility index (Phi) is 6.10. The zero-order valence-electron chi connectivity index (χ0n) is 16.7. The van der Waals surface area contributed by atoms with Gasteiger partial charge in [-0.25, -0.2) is 0 Å². The number of sulfonamides is 1. The fourth-order valence-corrected chi connectivity index (χ4v) is 5.35. The number of para-hydroxylation sites is 1. The highest BCUT2D eigenvalue weighted by Gasteiger charge is 2.45. The molecule has 2 aromatic carbocycles. The van der Waals surface area contributed by atoms with Crippen LogP contribution in [0.2, 0.25) is 0 Å². The lowest BCUT2D eigenvalue weighted by atomic mass is 10.3. The van der Waals surface area contributed by atoms with Gasteiger partial charge in [-0.1, -0.05) is 30.0 Å². The molecule has 1 aromatic heterocycles. The van der Waals surface area contributed by atoms with Gasteiger partial charge in [0, 0.05) is 23.7 Å². The summed E-state index contributed by atoms with van der Waals surface area (Å²) in [4.78, 5) is 1.29. The molecule has 15 heteroatoms. The summed E-state index contributed by atoms with van der Waals surface area (Å²) in [6.07, 6.45) is -10.5. The van der Waals surface area contributed by atoms with Gasteiger partial charge >= 0.3 is 12.4 Å². The fourth-order valence-electron chi connectivity index (χ4n) is 3.14. The van der Waals surface area contributed by atoms with Crippen molar-refractivity contribution in [1.82, 2.24) is 14.8 Å². The van der Waals surface area contributed by atoms with Crippen molar-refractivity contribution < 1.29 is 34.8 Å². The van der Waals surface area contributed by atoms with Gasteiger partial charge in [0.15, 0.2) is 5.17 Å². The number of amidine groups is 1. The molecule has 1 fully saturated rings. The Morgan fingerprint density at radius 2 is 1.38 bits per heavy atom. The topological polar surface area (TPSA) is 80.5 Å². The second-order valence-electron chi connectivity index (χ2n) is 6.86. The van der Waals surface area contributed by atoms with Crippen molar-refractivity contribution in [2.45, 2.75) is 17.2 Å². The van der Waals surface area contributed by atoms with E-state index in [0.29, 0.717) is 12.3 Å². The van der Waals surface area contributed by atoms with Crippen molar-refractivity contribution in [3.63, 3.8) is 0 Å². The molecule has 0 spiro atoms. The number of aromatic nitrogens is 3. The molecule has 0 bridgehead atoms. The van der Waals surface area contributed by atoms with Crippen LogP contribution >= 0.6 is 11.8 Å². The van der Waals surface area contributed by atoms with Gasteiger partial charge in [0.05, 0.1) is 4.90 Å². The molecule has 7 nitrogen and oxygen atoms in total. The standard InChI is InChI=1S/C19H13F6N5O2S2/c20-18(21,22)15-26-27-16(19(23,24)25)30(15)13-6-8-14(9-7-13)34(31,32)28-17-29(10-11-33-17)12-4-2-1-3-5-12/h1-9H,10-11H2/b28-17-. The minimum Gasteiger partial charge on any atom is -0.319 e. The van der Waals surface area contributed by atoms with E-state index in [0.717, 1.165) is 30.0 Å². The molecule has 0 aliphatic carbocycles. The van der Waals surface area contributed by atoms with Crippen molar-refractivity contribution in [3.05, 3.63) is 66.2 Å². The number of thioether (sulfide) groups is 1. The van der Waals surface area contributed by atoms with Crippen LogP contribution in [-0.4, -0.2) is 40.6 Å². The summed E-state index contributed by atoms with van der Waals surface area (Å²) in [5.74, 6) is -3.20. The molecule has 0 radical (unpaired) electrons. The molecule has 1 aliphatic heterocycles. The summed E-state index contributed by atoms with van der Waals surface area (Å²) in [5.41, 5.74) is 0.112. The Morgan fingerprint density at radius 3 is 1.91 bits per heavy atom. The molecule has 1 aliphatic rings. The summed E-state index contributed by atoms with van der Waals surface area (Å²) in [5, 5.41) is 5.45. The minimum absolute atomic E-state index is 0.202. The molecule has 3 aromatic rings. The number of hydrogen-bond donors (Lipinski definition) is 0. The number of hydrogen-bond acceptors (Lipinski definition) is 5. The Labute approximate surface area is 193 Å². The Balaban J connectivity index is 1.70. The smallest absolute Gasteiger partial charge is 0.319 e. The molecular formula is C19H13F6N5O2S2. The second-order valence-corrected chi connectivity index (χ2v) is 9.52. The lowest BCUT2D eigenvalue weighted by Crippen LogP contribution is -2.24. The summed E-state index contributed by atoms with van der Waals surface area (Å²) < 4.78 is 108. The number of halogens is 6. The number of benzene rings is 2. The van der Waals surface area contributed by atoms with Crippen LogP contribution in [0.25, 0.3) is 5.69 Å². The Bertz CT molecular complexity index is 1290. The van der Waals surface area contributed by atoms with Crippen LogP contribution < -0.4 is 4.90 Å². The molecule has 180 valence electrons. The first-order valence-electron chi connectivity index (χ1n) is 9.38. The third-order valence-electron chi connectivity index (χ3n) is 4.61. The molecule has 0 unspecified atom stereocenters. The van der Waals surface area contributed by atoms with E-state index < -0.39 is 44.6 Å². The van der Waals surface area contributed by atoms with Crippen LogP contribution in [-0.2, 0) is 22.4 Å². The van der Waals surface area contributed by atoms with Gasteiger partial charge in [-0.2, -0.15) is 34.8 Å². The first-order valence-corrected chi connectivity index (χ1v) is 11.8. The molecule has 34 heavy (non-hydrogen) atoms. The summed E-state index contributed by atoms with van der Waals surface area (Å²) in [6, 6.07) is 12.3. The Morgan fingerprint density at radius 1 is 0.824 bits per heavy atom. The molecule has 4 rings (SSSR count). The van der Waals surface area contributed by atoms with E-state index in [2.05, 4.69) is 14.6 Å². The van der Waals surface area contributed by atoms with Crippen LogP contribution in [0.3, 0.4) is 0 Å². The van der Waals surface area contributed by atoms with E-state index in [-0.39, 0.29) is 9.73 Å². The van der Waals surface area contributed by atoms with Crippen molar-refractivity contribution >= 4 is 32.6 Å². The second kappa shape index (κ2) is 8.61. The highest BCUT2D eigenvalue weighted by molar-refractivity contribution is 8.15. The maximum atomic E-state index is 13.2. The lowest BCUT2D eigenvalue weighted by Gasteiger charge is -2.17. The van der Waals surface area contributed by atoms with E-state index in [9.17, 15) is 34.8 Å². The first kappa shape index (κ1) is 24.1. The fraction of sp³-hybridized carbons (Fsp3) is 0.211. The first-order chi connectivity index (χ1) is 15.9. The predicted molar refractivity (Wildman–Crippen MR) is 112 cm³/mol. The van der Waals surface area contributed by atoms with Gasteiger partial charge in [0.25, 0.3) is 10.0 Å². The van der Waals surface area contributed by atoms with Crippen LogP contribution in [0.1, 0.15) is 11.6 Å². The number of anilines is 1. The molecule has 1 saturated heterocycles. The maximum absolute atomic E-state index is 13.2. The van der Waals surface area contributed by atoms with E-state index >= 15 is 0 Å². The van der Waals surface area contributed by atoms with Crippen LogP contribution in [0.4, 0.5) is 32.0 Å².